The predicted molar refractivity (Wildman–Crippen MR) is 151 cm³/mol. The third kappa shape index (κ3) is 3.26. The maximum Gasteiger partial charge on any atom is 0.220 e. The molecule has 2 nitrogen and oxygen atoms in total. The standard InChI is InChI=1S/C34H37N2/c1-21(2)36-32-8-6-5-7-28(32)31-17-22(3)29(20-33(31)36)34-27-14-13-25(19-26(27)15-16-35(34)4)30-18-23-9-11-24(30)12-10-23/h5-8,13-17,19-21,23-24,30H,9-12,18H2,1-4H3/q+1. The number of rotatable bonds is 3. The van der Waals surface area contributed by atoms with Crippen molar-refractivity contribution in [2.45, 2.75) is 64.8 Å². The van der Waals surface area contributed by atoms with Gasteiger partial charge in [-0.05, 0) is 98.6 Å². The molecule has 3 aliphatic carbocycles. The Labute approximate surface area is 214 Å². The molecule has 3 fully saturated rings. The summed E-state index contributed by atoms with van der Waals surface area (Å²) in [5.74, 6) is 2.62. The van der Waals surface area contributed by atoms with Crippen LogP contribution in [0.25, 0.3) is 43.8 Å². The molecule has 182 valence electrons. The molecule has 0 aliphatic heterocycles. The van der Waals surface area contributed by atoms with E-state index < -0.39 is 0 Å². The highest BCUT2D eigenvalue weighted by atomic mass is 15.0. The SMILES string of the molecule is Cc1cc2c3ccccc3n(C(C)C)c2cc1-c1c2ccc(C3CC4CCC3CC4)cc2cc[n+]1C. The van der Waals surface area contributed by atoms with Crippen LogP contribution in [0.2, 0.25) is 0 Å². The summed E-state index contributed by atoms with van der Waals surface area (Å²) in [5.41, 5.74) is 8.23. The van der Waals surface area contributed by atoms with Gasteiger partial charge in [-0.1, -0.05) is 43.2 Å². The van der Waals surface area contributed by atoms with Gasteiger partial charge in [0.25, 0.3) is 0 Å². The molecule has 2 bridgehead atoms. The summed E-state index contributed by atoms with van der Waals surface area (Å²) < 4.78 is 4.83. The number of para-hydroxylation sites is 1. The molecule has 2 aromatic heterocycles. The first-order chi connectivity index (χ1) is 17.5. The van der Waals surface area contributed by atoms with Crippen molar-refractivity contribution in [3.05, 3.63) is 78.0 Å². The average molecular weight is 474 g/mol. The Balaban J connectivity index is 1.42. The lowest BCUT2D eigenvalue weighted by Gasteiger charge is -2.42. The smallest absolute Gasteiger partial charge is 0.220 e. The van der Waals surface area contributed by atoms with Crippen LogP contribution in [0.4, 0.5) is 0 Å². The molecular weight excluding hydrogens is 436 g/mol. The number of fused-ring (bicyclic) bond motifs is 7. The van der Waals surface area contributed by atoms with Gasteiger partial charge < -0.3 is 4.57 Å². The average Bonchev–Trinajstić information content (AvgIpc) is 3.22. The molecule has 0 N–H and O–H groups in total. The van der Waals surface area contributed by atoms with Crippen molar-refractivity contribution in [1.82, 2.24) is 4.57 Å². The van der Waals surface area contributed by atoms with Gasteiger partial charge in [-0.25, -0.2) is 4.57 Å². The van der Waals surface area contributed by atoms with E-state index in [1.165, 1.54) is 81.5 Å². The number of benzene rings is 3. The monoisotopic (exact) mass is 473 g/mol. The molecule has 0 saturated heterocycles. The largest absolute Gasteiger partial charge is 0.338 e. The molecule has 5 aromatic rings. The Bertz CT molecular complexity index is 1630. The van der Waals surface area contributed by atoms with Crippen LogP contribution in [0.3, 0.4) is 0 Å². The van der Waals surface area contributed by atoms with Crippen LogP contribution < -0.4 is 4.57 Å². The fourth-order valence-electron chi connectivity index (χ4n) is 7.71. The van der Waals surface area contributed by atoms with Crippen molar-refractivity contribution in [3.63, 3.8) is 0 Å². The van der Waals surface area contributed by atoms with Gasteiger partial charge >= 0.3 is 0 Å². The lowest BCUT2D eigenvalue weighted by atomic mass is 9.63. The summed E-state index contributed by atoms with van der Waals surface area (Å²) in [6.45, 7) is 6.87. The zero-order valence-electron chi connectivity index (χ0n) is 22.1. The van der Waals surface area contributed by atoms with Crippen molar-refractivity contribution < 1.29 is 4.57 Å². The second-order valence-corrected chi connectivity index (χ2v) is 11.9. The molecule has 1 unspecified atom stereocenters. The second kappa shape index (κ2) is 8.20. The minimum absolute atomic E-state index is 0.401. The molecule has 0 radical (unpaired) electrons. The Kier molecular flexibility index (Phi) is 5.03. The zero-order chi connectivity index (χ0) is 24.6. The summed E-state index contributed by atoms with van der Waals surface area (Å²) in [6.07, 6.45) is 9.46. The van der Waals surface area contributed by atoms with Gasteiger partial charge in [-0.3, -0.25) is 0 Å². The van der Waals surface area contributed by atoms with E-state index in [9.17, 15) is 0 Å². The van der Waals surface area contributed by atoms with Crippen LogP contribution in [0.15, 0.2) is 66.9 Å². The molecule has 3 aromatic carbocycles. The molecule has 36 heavy (non-hydrogen) atoms. The topological polar surface area (TPSA) is 8.81 Å². The maximum atomic E-state index is 2.52. The number of aryl methyl sites for hydroxylation is 2. The van der Waals surface area contributed by atoms with Crippen LogP contribution >= 0.6 is 0 Å². The van der Waals surface area contributed by atoms with E-state index >= 15 is 0 Å². The van der Waals surface area contributed by atoms with Gasteiger partial charge in [0.15, 0.2) is 6.20 Å². The number of hydrogen-bond acceptors (Lipinski definition) is 0. The lowest BCUT2D eigenvalue weighted by Crippen LogP contribution is -2.31. The van der Waals surface area contributed by atoms with Gasteiger partial charge in [0.05, 0.1) is 16.5 Å². The van der Waals surface area contributed by atoms with Crippen LogP contribution in [0.1, 0.15) is 69.0 Å². The molecule has 2 heteroatoms. The third-order valence-corrected chi connectivity index (χ3v) is 9.46. The maximum absolute atomic E-state index is 2.52. The summed E-state index contributed by atoms with van der Waals surface area (Å²) in [7, 11) is 2.20. The molecule has 8 rings (SSSR count). The van der Waals surface area contributed by atoms with E-state index in [1.807, 2.05) is 0 Å². The lowest BCUT2D eigenvalue weighted by molar-refractivity contribution is -0.659. The molecule has 0 amide bonds. The first-order valence-corrected chi connectivity index (χ1v) is 14.0. The minimum Gasteiger partial charge on any atom is -0.338 e. The third-order valence-electron chi connectivity index (χ3n) is 9.46. The Morgan fingerprint density at radius 1 is 0.833 bits per heavy atom. The van der Waals surface area contributed by atoms with E-state index in [0.717, 1.165) is 17.8 Å². The van der Waals surface area contributed by atoms with E-state index in [1.54, 1.807) is 5.56 Å². The molecule has 2 heterocycles. The normalized spacial score (nSPS) is 21.9. The van der Waals surface area contributed by atoms with Crippen molar-refractivity contribution >= 4 is 32.6 Å². The molecule has 3 aliphatic rings. The van der Waals surface area contributed by atoms with E-state index in [-0.39, 0.29) is 0 Å². The van der Waals surface area contributed by atoms with E-state index in [0.29, 0.717) is 6.04 Å². The fraction of sp³-hybridized carbons (Fsp3) is 0.382. The van der Waals surface area contributed by atoms with Gasteiger partial charge in [-0.2, -0.15) is 0 Å². The Morgan fingerprint density at radius 2 is 1.64 bits per heavy atom. The van der Waals surface area contributed by atoms with Gasteiger partial charge in [0.1, 0.15) is 7.05 Å². The summed E-state index contributed by atoms with van der Waals surface area (Å²) >= 11 is 0. The first-order valence-electron chi connectivity index (χ1n) is 14.0. The summed E-state index contributed by atoms with van der Waals surface area (Å²) in [5, 5.41) is 5.45. The molecular formula is C34H37N2+. The Morgan fingerprint density at radius 3 is 2.39 bits per heavy atom. The van der Waals surface area contributed by atoms with Gasteiger partial charge in [0.2, 0.25) is 5.69 Å². The van der Waals surface area contributed by atoms with Crippen molar-refractivity contribution in [3.8, 4) is 11.3 Å². The molecule has 0 spiro atoms. The summed E-state index contributed by atoms with van der Waals surface area (Å²) in [4.78, 5) is 0. The van der Waals surface area contributed by atoms with Crippen LogP contribution in [-0.2, 0) is 7.05 Å². The molecule has 3 saturated carbocycles. The number of pyridine rings is 1. The Hall–Kier alpha value is -3.13. The number of hydrogen-bond donors (Lipinski definition) is 0. The van der Waals surface area contributed by atoms with Crippen molar-refractivity contribution in [2.24, 2.45) is 18.9 Å². The van der Waals surface area contributed by atoms with Crippen LogP contribution in [-0.4, -0.2) is 4.57 Å². The van der Waals surface area contributed by atoms with Gasteiger partial charge in [-0.15, -0.1) is 0 Å². The quantitative estimate of drug-likeness (QED) is 0.232. The highest BCUT2D eigenvalue weighted by molar-refractivity contribution is 6.10. The van der Waals surface area contributed by atoms with E-state index in [4.69, 9.17) is 0 Å². The highest BCUT2D eigenvalue weighted by Crippen LogP contribution is 2.50. The van der Waals surface area contributed by atoms with Gasteiger partial charge in [0, 0.05) is 28.4 Å². The predicted octanol–water partition coefficient (Wildman–Crippen LogP) is 8.62. The minimum atomic E-state index is 0.401. The van der Waals surface area contributed by atoms with Crippen molar-refractivity contribution in [2.75, 3.05) is 0 Å². The second-order valence-electron chi connectivity index (χ2n) is 11.9. The summed E-state index contributed by atoms with van der Waals surface area (Å²) in [6, 6.07) is 23.8. The molecule has 1 atom stereocenters. The zero-order valence-corrected chi connectivity index (χ0v) is 22.1. The highest BCUT2D eigenvalue weighted by Gasteiger charge is 2.36. The fourth-order valence-corrected chi connectivity index (χ4v) is 7.71. The number of aromatic nitrogens is 2. The first kappa shape index (κ1) is 22.1. The van der Waals surface area contributed by atoms with Crippen LogP contribution in [0.5, 0.6) is 0 Å². The van der Waals surface area contributed by atoms with Crippen molar-refractivity contribution in [1.29, 1.82) is 0 Å². The van der Waals surface area contributed by atoms with Crippen LogP contribution in [0, 0.1) is 18.8 Å². The number of nitrogens with zero attached hydrogens (tertiary/aromatic N) is 2. The van der Waals surface area contributed by atoms with E-state index in [2.05, 4.69) is 104 Å².